The highest BCUT2D eigenvalue weighted by molar-refractivity contribution is 5.93. The molecule has 0 spiro atoms. The third-order valence-corrected chi connectivity index (χ3v) is 4.52. The molecule has 4 aromatic rings. The standard InChI is InChI=1S/C24H18O4/c1-15-8-11-18(12-9-15)24(26)28-23-21(25)19-14-16(2)10-13-20(19)27-22(23)17-6-4-3-5-7-17/h3-14H,1-2H3. The Bertz CT molecular complexity index is 1220. The minimum absolute atomic E-state index is 0.102. The van der Waals surface area contributed by atoms with Crippen molar-refractivity contribution in [1.29, 1.82) is 0 Å². The second-order valence-electron chi connectivity index (χ2n) is 6.71. The predicted molar refractivity (Wildman–Crippen MR) is 109 cm³/mol. The van der Waals surface area contributed by atoms with Gasteiger partial charge in [0.2, 0.25) is 11.2 Å². The molecule has 0 amide bonds. The van der Waals surface area contributed by atoms with E-state index in [1.54, 1.807) is 24.3 Å². The number of carbonyl (C=O) groups excluding carboxylic acids is 1. The molecule has 28 heavy (non-hydrogen) atoms. The molecule has 4 rings (SSSR count). The molecule has 1 aromatic heterocycles. The van der Waals surface area contributed by atoms with E-state index in [9.17, 15) is 9.59 Å². The van der Waals surface area contributed by atoms with Gasteiger partial charge in [0.25, 0.3) is 0 Å². The highest BCUT2D eigenvalue weighted by Gasteiger charge is 2.21. The van der Waals surface area contributed by atoms with Gasteiger partial charge in [-0.15, -0.1) is 0 Å². The summed E-state index contributed by atoms with van der Waals surface area (Å²) in [4.78, 5) is 25.8. The minimum atomic E-state index is -0.600. The van der Waals surface area contributed by atoms with Crippen LogP contribution in [0.3, 0.4) is 0 Å². The van der Waals surface area contributed by atoms with Crippen molar-refractivity contribution in [2.45, 2.75) is 13.8 Å². The van der Waals surface area contributed by atoms with Crippen molar-refractivity contribution in [2.24, 2.45) is 0 Å². The second kappa shape index (κ2) is 7.16. The summed E-state index contributed by atoms with van der Waals surface area (Å²) in [5, 5.41) is 0.381. The summed E-state index contributed by atoms with van der Waals surface area (Å²) in [6, 6.07) is 21.5. The van der Waals surface area contributed by atoms with Crippen molar-refractivity contribution in [3.05, 3.63) is 99.7 Å². The molecule has 0 aliphatic heterocycles. The molecule has 3 aromatic carbocycles. The molecular weight excluding hydrogens is 352 g/mol. The summed E-state index contributed by atoms with van der Waals surface area (Å²) in [7, 11) is 0. The molecule has 4 nitrogen and oxygen atoms in total. The topological polar surface area (TPSA) is 56.5 Å². The minimum Gasteiger partial charge on any atom is -0.452 e. The highest BCUT2D eigenvalue weighted by atomic mass is 16.5. The predicted octanol–water partition coefficient (Wildman–Crippen LogP) is 5.30. The molecule has 0 unspecified atom stereocenters. The van der Waals surface area contributed by atoms with E-state index in [2.05, 4.69) is 0 Å². The summed E-state index contributed by atoms with van der Waals surface area (Å²) >= 11 is 0. The number of hydrogen-bond acceptors (Lipinski definition) is 4. The molecule has 0 atom stereocenters. The highest BCUT2D eigenvalue weighted by Crippen LogP contribution is 2.31. The van der Waals surface area contributed by atoms with Crippen LogP contribution in [-0.2, 0) is 0 Å². The van der Waals surface area contributed by atoms with Gasteiger partial charge in [-0.05, 0) is 38.1 Å². The van der Waals surface area contributed by atoms with Crippen LogP contribution in [0.5, 0.6) is 5.75 Å². The fraction of sp³-hybridized carbons (Fsp3) is 0.0833. The number of rotatable bonds is 3. The zero-order valence-corrected chi connectivity index (χ0v) is 15.6. The molecule has 0 aliphatic rings. The Kier molecular flexibility index (Phi) is 4.53. The van der Waals surface area contributed by atoms with E-state index in [0.29, 0.717) is 22.1 Å². The Labute approximate surface area is 162 Å². The Balaban J connectivity index is 1.89. The van der Waals surface area contributed by atoms with E-state index in [0.717, 1.165) is 11.1 Å². The summed E-state index contributed by atoms with van der Waals surface area (Å²) in [5.74, 6) is -0.464. The quantitative estimate of drug-likeness (QED) is 0.460. The fourth-order valence-electron chi connectivity index (χ4n) is 3.01. The first-order valence-corrected chi connectivity index (χ1v) is 8.94. The summed E-state index contributed by atoms with van der Waals surface area (Å²) < 4.78 is 11.6. The summed E-state index contributed by atoms with van der Waals surface area (Å²) in [6.45, 7) is 3.82. The van der Waals surface area contributed by atoms with E-state index in [1.807, 2.05) is 62.4 Å². The maximum atomic E-state index is 13.2. The molecule has 0 bridgehead atoms. The van der Waals surface area contributed by atoms with Crippen LogP contribution in [-0.4, -0.2) is 5.97 Å². The monoisotopic (exact) mass is 370 g/mol. The van der Waals surface area contributed by atoms with Crippen LogP contribution in [0.1, 0.15) is 21.5 Å². The number of benzene rings is 3. The van der Waals surface area contributed by atoms with Crippen LogP contribution in [0.4, 0.5) is 0 Å². The van der Waals surface area contributed by atoms with Gasteiger partial charge >= 0.3 is 5.97 Å². The van der Waals surface area contributed by atoms with Crippen molar-refractivity contribution >= 4 is 16.9 Å². The van der Waals surface area contributed by atoms with E-state index in [-0.39, 0.29) is 16.9 Å². The van der Waals surface area contributed by atoms with Crippen LogP contribution in [0.2, 0.25) is 0 Å². The van der Waals surface area contributed by atoms with Gasteiger partial charge in [0, 0.05) is 5.56 Å². The summed E-state index contributed by atoms with van der Waals surface area (Å²) in [6.07, 6.45) is 0. The number of aryl methyl sites for hydroxylation is 2. The van der Waals surface area contributed by atoms with Crippen LogP contribution in [0.25, 0.3) is 22.3 Å². The van der Waals surface area contributed by atoms with Crippen molar-refractivity contribution in [1.82, 2.24) is 0 Å². The molecule has 138 valence electrons. The maximum absolute atomic E-state index is 13.2. The first-order chi connectivity index (χ1) is 13.5. The Hall–Kier alpha value is -3.66. The number of esters is 1. The zero-order valence-electron chi connectivity index (χ0n) is 15.6. The van der Waals surface area contributed by atoms with Crippen molar-refractivity contribution in [2.75, 3.05) is 0 Å². The summed E-state index contributed by atoms with van der Waals surface area (Å²) in [5.41, 5.74) is 3.06. The largest absolute Gasteiger partial charge is 0.452 e. The number of ether oxygens (including phenoxy) is 1. The van der Waals surface area contributed by atoms with Crippen molar-refractivity contribution < 1.29 is 13.9 Å². The van der Waals surface area contributed by atoms with Crippen LogP contribution < -0.4 is 10.2 Å². The van der Waals surface area contributed by atoms with Gasteiger partial charge in [0.05, 0.1) is 10.9 Å². The van der Waals surface area contributed by atoms with Crippen molar-refractivity contribution in [3.63, 3.8) is 0 Å². The van der Waals surface area contributed by atoms with Gasteiger partial charge in [-0.1, -0.05) is 59.7 Å². The van der Waals surface area contributed by atoms with E-state index in [4.69, 9.17) is 9.15 Å². The zero-order chi connectivity index (χ0) is 19.7. The Morgan fingerprint density at radius 2 is 1.54 bits per heavy atom. The lowest BCUT2D eigenvalue weighted by Gasteiger charge is -2.11. The lowest BCUT2D eigenvalue weighted by molar-refractivity contribution is 0.0731. The maximum Gasteiger partial charge on any atom is 0.343 e. The molecule has 1 heterocycles. The third kappa shape index (κ3) is 3.32. The van der Waals surface area contributed by atoms with Gasteiger partial charge < -0.3 is 9.15 Å². The second-order valence-corrected chi connectivity index (χ2v) is 6.71. The lowest BCUT2D eigenvalue weighted by atomic mass is 10.1. The average Bonchev–Trinajstić information content (AvgIpc) is 2.71. The molecule has 0 aliphatic carbocycles. The first kappa shape index (κ1) is 17.7. The molecule has 0 fully saturated rings. The van der Waals surface area contributed by atoms with Gasteiger partial charge in [0.1, 0.15) is 5.58 Å². The van der Waals surface area contributed by atoms with Crippen LogP contribution in [0.15, 0.2) is 82.0 Å². The SMILES string of the molecule is Cc1ccc(C(=O)Oc2c(-c3ccccc3)oc3ccc(C)cc3c2=O)cc1. The van der Waals surface area contributed by atoms with Gasteiger partial charge in [-0.25, -0.2) is 4.79 Å². The lowest BCUT2D eigenvalue weighted by Crippen LogP contribution is -2.16. The molecule has 0 saturated carbocycles. The normalized spacial score (nSPS) is 10.8. The van der Waals surface area contributed by atoms with Gasteiger partial charge in [0.15, 0.2) is 5.76 Å². The van der Waals surface area contributed by atoms with Crippen LogP contribution in [0, 0.1) is 13.8 Å². The van der Waals surface area contributed by atoms with E-state index >= 15 is 0 Å². The van der Waals surface area contributed by atoms with E-state index in [1.165, 1.54) is 0 Å². The molecule has 0 N–H and O–H groups in total. The average molecular weight is 370 g/mol. The van der Waals surface area contributed by atoms with E-state index < -0.39 is 5.97 Å². The fourth-order valence-corrected chi connectivity index (χ4v) is 3.01. The number of fused-ring (bicyclic) bond motifs is 1. The Morgan fingerprint density at radius 3 is 2.25 bits per heavy atom. The smallest absolute Gasteiger partial charge is 0.343 e. The molecule has 0 radical (unpaired) electrons. The van der Waals surface area contributed by atoms with Crippen molar-refractivity contribution in [3.8, 4) is 17.1 Å². The first-order valence-electron chi connectivity index (χ1n) is 8.94. The number of carbonyl (C=O) groups is 1. The third-order valence-electron chi connectivity index (χ3n) is 4.52. The van der Waals surface area contributed by atoms with Gasteiger partial charge in [-0.3, -0.25) is 4.79 Å². The molecule has 4 heteroatoms. The molecule has 0 saturated heterocycles. The van der Waals surface area contributed by atoms with Crippen LogP contribution >= 0.6 is 0 Å². The van der Waals surface area contributed by atoms with Gasteiger partial charge in [-0.2, -0.15) is 0 Å². The number of hydrogen-bond donors (Lipinski definition) is 0. The Morgan fingerprint density at radius 1 is 0.857 bits per heavy atom. The molecular formula is C24H18O4.